The maximum atomic E-state index is 10.6. The molecule has 14 nitrogen and oxygen atoms in total. The van der Waals surface area contributed by atoms with Crippen molar-refractivity contribution in [2.75, 3.05) is 13.2 Å². The number of esters is 1. The van der Waals surface area contributed by atoms with Gasteiger partial charge in [-0.1, -0.05) is 0 Å². The fourth-order valence-electron chi connectivity index (χ4n) is 1.96. The Hall–Kier alpha value is -1.23. The summed E-state index contributed by atoms with van der Waals surface area (Å²) >= 11 is 0. The van der Waals surface area contributed by atoms with E-state index < -0.39 is 79.5 Å². The zero-order valence-electron chi connectivity index (χ0n) is 15.4. The van der Waals surface area contributed by atoms with Crippen LogP contribution in [0.1, 0.15) is 6.92 Å². The summed E-state index contributed by atoms with van der Waals surface area (Å²) in [6.07, 6.45) is -7.37. The first kappa shape index (κ1) is 33.4. The number of hydrogen-bond donors (Lipinski definition) is 7. The van der Waals surface area contributed by atoms with E-state index in [-0.39, 0.29) is 29.5 Å². The number of aliphatic hydroxyl groups is 6. The first-order chi connectivity index (χ1) is 12.9. The van der Waals surface area contributed by atoms with E-state index in [2.05, 4.69) is 4.74 Å². The second kappa shape index (κ2) is 15.6. The van der Waals surface area contributed by atoms with Gasteiger partial charge >= 0.3 is 28.8 Å². The average molecular weight is 516 g/mol. The predicted octanol–water partition coefficient (Wildman–Crippen LogP) is -4.16. The SMILES string of the molecule is CC(=O)O.Cl.O=C1OC(C(O)CO)C([OH2+])=C1O.[Cu+2].[NH-]C1C([OH2+])OC(CO)C(O)C1O. The molecule has 0 aromatic rings. The van der Waals surface area contributed by atoms with E-state index in [0.717, 1.165) is 6.92 Å². The smallest absolute Gasteiger partial charge is 0.664 e. The number of halogens is 1. The molecule has 181 valence electrons. The van der Waals surface area contributed by atoms with Crippen molar-refractivity contribution in [1.29, 1.82) is 0 Å². The predicted molar refractivity (Wildman–Crippen MR) is 96.3 cm³/mol. The first-order valence-electron chi connectivity index (χ1n) is 7.77. The van der Waals surface area contributed by atoms with Crippen LogP contribution in [-0.4, -0.2) is 114 Å². The number of carboxylic acid groups (broad SMARTS) is 1. The molecule has 30 heavy (non-hydrogen) atoms. The van der Waals surface area contributed by atoms with Gasteiger partial charge < -0.3 is 61.2 Å². The number of carbonyl (C=O) groups excluding carboxylic acids is 1. The van der Waals surface area contributed by atoms with Gasteiger partial charge in [-0.05, 0) is 6.04 Å². The van der Waals surface area contributed by atoms with Crippen molar-refractivity contribution in [2.45, 2.75) is 49.8 Å². The molecule has 2 rings (SSSR count). The standard InChI is InChI=1S/C6H12NO5.C6H8O6.C2H4O2.ClH.Cu/c7-3-5(10)4(9)2(1-8)12-6(3)11;7-1-2(8)5-3(9)4(10)6(11)12-5;1-2(3)4;;/h2-11H,1H2;2,5,7-10H,1H2;1H3,(H,3,4);1H;/q-1;;;;+2/p+2. The first-order valence-corrected chi connectivity index (χ1v) is 7.77. The molecule has 0 spiro atoms. The molecule has 1 saturated heterocycles. The van der Waals surface area contributed by atoms with Crippen LogP contribution in [0.3, 0.4) is 0 Å². The fraction of sp³-hybridized carbons (Fsp3) is 0.714. The Morgan fingerprint density at radius 2 is 1.73 bits per heavy atom. The molecule has 1 radical (unpaired) electrons. The van der Waals surface area contributed by atoms with Gasteiger partial charge in [-0.2, -0.15) is 0 Å². The van der Waals surface area contributed by atoms with Gasteiger partial charge in [0.25, 0.3) is 11.7 Å². The summed E-state index contributed by atoms with van der Waals surface area (Å²) in [5.74, 6) is -3.19. The van der Waals surface area contributed by atoms with Crippen LogP contribution < -0.4 is 0 Å². The van der Waals surface area contributed by atoms with Crippen molar-refractivity contribution in [3.8, 4) is 0 Å². The molecule has 7 unspecified atom stereocenters. The zero-order chi connectivity index (χ0) is 22.2. The Labute approximate surface area is 187 Å². The Bertz CT molecular complexity index is 557. The molecule has 2 aliphatic heterocycles. The third kappa shape index (κ3) is 9.72. The van der Waals surface area contributed by atoms with E-state index >= 15 is 0 Å². The minimum Gasteiger partial charge on any atom is -0.664 e. The second-order valence-electron chi connectivity index (χ2n) is 5.64. The molecule has 2 heterocycles. The summed E-state index contributed by atoms with van der Waals surface area (Å²) in [4.78, 5) is 19.6. The van der Waals surface area contributed by atoms with Crippen LogP contribution in [0.4, 0.5) is 0 Å². The maximum absolute atomic E-state index is 10.6. The molecule has 2 aliphatic rings. The van der Waals surface area contributed by atoms with E-state index in [1.54, 1.807) is 0 Å². The molecule has 0 aromatic heterocycles. The van der Waals surface area contributed by atoms with Crippen LogP contribution in [0.5, 0.6) is 0 Å². The molecule has 12 N–H and O–H groups in total. The van der Waals surface area contributed by atoms with Gasteiger partial charge in [-0.15, -0.1) is 12.4 Å². The maximum Gasteiger partial charge on any atom is 2.00 e. The van der Waals surface area contributed by atoms with Gasteiger partial charge in [0.15, 0.2) is 0 Å². The second-order valence-corrected chi connectivity index (χ2v) is 5.64. The fourth-order valence-corrected chi connectivity index (χ4v) is 1.96. The minimum atomic E-state index is -1.36. The number of carbonyl (C=O) groups is 2. The van der Waals surface area contributed by atoms with E-state index in [1.165, 1.54) is 0 Å². The minimum absolute atomic E-state index is 0. The molecular weight excluding hydrogens is 489 g/mol. The molecule has 7 atom stereocenters. The Kier molecular flexibility index (Phi) is 17.3. The Morgan fingerprint density at radius 1 is 1.27 bits per heavy atom. The van der Waals surface area contributed by atoms with Gasteiger partial charge in [-0.3, -0.25) is 4.79 Å². The van der Waals surface area contributed by atoms with Crippen LogP contribution in [0, 0.1) is 0 Å². The third-order valence-corrected chi connectivity index (χ3v) is 3.43. The van der Waals surface area contributed by atoms with Crippen LogP contribution in [0.2, 0.25) is 0 Å². The number of hydrogen-bond acceptors (Lipinski definition) is 10. The van der Waals surface area contributed by atoms with Crippen molar-refractivity contribution in [2.24, 2.45) is 0 Å². The topological polar surface area (TPSA) is 264 Å². The van der Waals surface area contributed by atoms with E-state index in [4.69, 9.17) is 56.1 Å². The number of aliphatic hydroxyl groups excluding tert-OH is 6. The molecule has 0 aliphatic carbocycles. The number of rotatable bonds is 3. The number of nitrogens with one attached hydrogen (secondary N) is 1. The Morgan fingerprint density at radius 3 is 2.07 bits per heavy atom. The van der Waals surface area contributed by atoms with Crippen LogP contribution in [0.25, 0.3) is 5.73 Å². The third-order valence-electron chi connectivity index (χ3n) is 3.43. The molecule has 0 amide bonds. The number of ether oxygens (including phenoxy) is 2. The average Bonchev–Trinajstić information content (AvgIpc) is 2.89. The van der Waals surface area contributed by atoms with Crippen molar-refractivity contribution in [3.05, 3.63) is 17.3 Å². The van der Waals surface area contributed by atoms with E-state index in [1.807, 2.05) is 0 Å². The largest absolute Gasteiger partial charge is 2.00 e. The van der Waals surface area contributed by atoms with E-state index in [0.29, 0.717) is 0 Å². The van der Waals surface area contributed by atoms with Crippen molar-refractivity contribution in [3.63, 3.8) is 0 Å². The van der Waals surface area contributed by atoms with Crippen LogP contribution >= 0.6 is 12.4 Å². The van der Waals surface area contributed by atoms with Gasteiger partial charge in [0.05, 0.1) is 19.3 Å². The van der Waals surface area contributed by atoms with Gasteiger partial charge in [-0.25, -0.2) is 4.79 Å². The Balaban J connectivity index is -0.000000391. The van der Waals surface area contributed by atoms with E-state index in [9.17, 15) is 9.90 Å². The molecule has 0 bridgehead atoms. The quantitative estimate of drug-likeness (QED) is 0.107. The normalized spacial score (nSPS) is 30.9. The molecule has 0 aromatic carbocycles. The van der Waals surface area contributed by atoms with Crippen molar-refractivity contribution < 1.29 is 82.1 Å². The monoisotopic (exact) mass is 515 g/mol. The molecule has 1 fully saturated rings. The zero-order valence-corrected chi connectivity index (χ0v) is 17.2. The molecular formula is C14H27ClCuNO13+3. The summed E-state index contributed by atoms with van der Waals surface area (Å²) in [7, 11) is 0. The summed E-state index contributed by atoms with van der Waals surface area (Å²) in [5, 5.41) is 74.9. The summed E-state index contributed by atoms with van der Waals surface area (Å²) < 4.78 is 9.13. The summed E-state index contributed by atoms with van der Waals surface area (Å²) in [6, 6.07) is -1.18. The summed E-state index contributed by atoms with van der Waals surface area (Å²) in [5.41, 5.74) is 7.18. The van der Waals surface area contributed by atoms with Crippen molar-refractivity contribution >= 4 is 24.3 Å². The van der Waals surface area contributed by atoms with Crippen molar-refractivity contribution in [1.82, 2.24) is 0 Å². The van der Waals surface area contributed by atoms with Gasteiger partial charge in [0, 0.05) is 6.92 Å². The molecule has 0 saturated carbocycles. The van der Waals surface area contributed by atoms with Gasteiger partial charge in [0.2, 0.25) is 12.4 Å². The van der Waals surface area contributed by atoms with Crippen LogP contribution in [0.15, 0.2) is 11.5 Å². The van der Waals surface area contributed by atoms with Crippen LogP contribution in [-0.2, 0) is 36.1 Å². The van der Waals surface area contributed by atoms with Gasteiger partial charge in [0.1, 0.15) is 18.3 Å². The molecule has 16 heteroatoms. The number of carboxylic acids is 1. The summed E-state index contributed by atoms with van der Waals surface area (Å²) in [6.45, 7) is -0.00602. The number of aliphatic carboxylic acids is 1. The number of cyclic esters (lactones) is 1.